The molecule has 1 heterocycles. The van der Waals surface area contributed by atoms with Gasteiger partial charge in [0.15, 0.2) is 0 Å². The maximum atomic E-state index is 13.6. The summed E-state index contributed by atoms with van der Waals surface area (Å²) in [5.41, 5.74) is 6.77. The zero-order valence-corrected chi connectivity index (χ0v) is 28.3. The number of aliphatic carboxylic acids is 1. The van der Waals surface area contributed by atoms with Gasteiger partial charge in [0.1, 0.15) is 12.5 Å². The van der Waals surface area contributed by atoms with Crippen molar-refractivity contribution in [3.8, 4) is 0 Å². The zero-order valence-electron chi connectivity index (χ0n) is 28.3. The van der Waals surface area contributed by atoms with Crippen LogP contribution >= 0.6 is 0 Å². The molecule has 3 aliphatic carbocycles. The van der Waals surface area contributed by atoms with Crippen LogP contribution in [-0.4, -0.2) is 96.5 Å². The quantitative estimate of drug-likeness (QED) is 0.209. The second kappa shape index (κ2) is 18.3. The van der Waals surface area contributed by atoms with E-state index in [0.717, 1.165) is 44.9 Å². The summed E-state index contributed by atoms with van der Waals surface area (Å²) in [4.78, 5) is 54.7. The van der Waals surface area contributed by atoms with Crippen LogP contribution in [0.1, 0.15) is 110 Å². The fraction of sp³-hybridized carbons (Fsp3) is 0.882. The smallest absolute Gasteiger partial charge is 0.305 e. The lowest BCUT2D eigenvalue weighted by molar-refractivity contribution is -0.147. The second-order valence-electron chi connectivity index (χ2n) is 14.5. The van der Waals surface area contributed by atoms with E-state index in [1.165, 1.54) is 41.9 Å². The van der Waals surface area contributed by atoms with Gasteiger partial charge in [0.25, 0.3) is 0 Å². The van der Waals surface area contributed by atoms with Crippen molar-refractivity contribution in [2.24, 2.45) is 23.7 Å². The lowest BCUT2D eigenvalue weighted by Gasteiger charge is -2.34. The Kier molecular flexibility index (Phi) is 14.6. The van der Waals surface area contributed by atoms with Gasteiger partial charge in [-0.3, -0.25) is 19.2 Å². The molecule has 3 amide bonds. The average molecular weight is 650 g/mol. The fourth-order valence-corrected chi connectivity index (χ4v) is 7.61. The molecule has 4 fully saturated rings. The molecule has 0 bridgehead atoms. The Morgan fingerprint density at radius 1 is 0.848 bits per heavy atom. The Bertz CT molecular complexity index is 998. The van der Waals surface area contributed by atoms with Crippen molar-refractivity contribution >= 4 is 23.7 Å². The molecule has 3 saturated carbocycles. The molecule has 4 aliphatic rings. The molecule has 4 atom stereocenters. The number of nitrogens with one attached hydrogen (secondary N) is 3. The van der Waals surface area contributed by atoms with Crippen LogP contribution in [0, 0.1) is 23.7 Å². The number of amides is 3. The predicted octanol–water partition coefficient (Wildman–Crippen LogP) is 3.40. The fourth-order valence-electron chi connectivity index (χ4n) is 7.61. The van der Waals surface area contributed by atoms with Crippen LogP contribution in [0.5, 0.6) is 0 Å². The highest BCUT2D eigenvalue weighted by Gasteiger charge is 2.38. The van der Waals surface area contributed by atoms with Crippen LogP contribution in [-0.2, 0) is 28.7 Å². The van der Waals surface area contributed by atoms with Crippen molar-refractivity contribution in [1.82, 2.24) is 26.0 Å². The van der Waals surface area contributed by atoms with Crippen molar-refractivity contribution < 1.29 is 33.8 Å². The van der Waals surface area contributed by atoms with E-state index in [2.05, 4.69) is 30.0 Å². The van der Waals surface area contributed by atoms with Gasteiger partial charge in [-0.2, -0.15) is 0 Å². The minimum absolute atomic E-state index is 0.00602. The van der Waals surface area contributed by atoms with Gasteiger partial charge in [-0.15, -0.1) is 0 Å². The highest BCUT2D eigenvalue weighted by Crippen LogP contribution is 2.33. The van der Waals surface area contributed by atoms with Gasteiger partial charge in [-0.25, -0.2) is 10.9 Å². The second-order valence-corrected chi connectivity index (χ2v) is 14.5. The van der Waals surface area contributed by atoms with Gasteiger partial charge in [0.05, 0.1) is 25.6 Å². The first-order valence-electron chi connectivity index (χ1n) is 17.9. The maximum absolute atomic E-state index is 13.6. The summed E-state index contributed by atoms with van der Waals surface area (Å²) in [6.45, 7) is 4.16. The number of carbonyl (C=O) groups excluding carboxylic acids is 3. The Balaban J connectivity index is 1.28. The van der Waals surface area contributed by atoms with Gasteiger partial charge in [-0.1, -0.05) is 39.5 Å². The minimum atomic E-state index is -1.02. The van der Waals surface area contributed by atoms with Crippen LogP contribution in [0.3, 0.4) is 0 Å². The Labute approximate surface area is 275 Å². The minimum Gasteiger partial charge on any atom is -0.481 e. The van der Waals surface area contributed by atoms with E-state index in [4.69, 9.17) is 9.47 Å². The van der Waals surface area contributed by atoms with Crippen LogP contribution in [0.2, 0.25) is 0 Å². The van der Waals surface area contributed by atoms with E-state index < -0.39 is 5.97 Å². The third-order valence-corrected chi connectivity index (χ3v) is 10.5. The third kappa shape index (κ3) is 11.2. The molecule has 262 valence electrons. The van der Waals surface area contributed by atoms with Gasteiger partial charge >= 0.3 is 5.97 Å². The number of carboxylic acids is 1. The number of carbonyl (C=O) groups is 4. The number of nitrogens with zero attached hydrogens (tertiary/aromatic N) is 2. The highest BCUT2D eigenvalue weighted by atomic mass is 16.5. The lowest BCUT2D eigenvalue weighted by Crippen LogP contribution is -2.50. The molecule has 1 saturated heterocycles. The topological polar surface area (TPSA) is 150 Å². The number of carboxylic acid groups (broad SMARTS) is 1. The molecule has 4 unspecified atom stereocenters. The third-order valence-electron chi connectivity index (χ3n) is 10.5. The molecule has 0 aromatic rings. The highest BCUT2D eigenvalue weighted by molar-refractivity contribution is 5.89. The largest absolute Gasteiger partial charge is 0.481 e. The van der Waals surface area contributed by atoms with E-state index >= 15 is 0 Å². The van der Waals surface area contributed by atoms with E-state index in [-0.39, 0.29) is 74.3 Å². The normalized spacial score (nSPS) is 29.0. The van der Waals surface area contributed by atoms with Gasteiger partial charge in [0, 0.05) is 32.2 Å². The van der Waals surface area contributed by atoms with Crippen LogP contribution in [0.15, 0.2) is 0 Å². The summed E-state index contributed by atoms with van der Waals surface area (Å²) in [6.07, 6.45) is 13.4. The molecular formula is C34H59N5O7. The number of hydrazine groups is 1. The summed E-state index contributed by atoms with van der Waals surface area (Å²) >= 11 is 0. The van der Waals surface area contributed by atoms with Crippen molar-refractivity contribution in [2.45, 2.75) is 135 Å². The molecule has 0 aromatic heterocycles. The Morgan fingerprint density at radius 2 is 1.52 bits per heavy atom. The molecule has 4 N–H and O–H groups in total. The van der Waals surface area contributed by atoms with Crippen molar-refractivity contribution in [3.05, 3.63) is 0 Å². The van der Waals surface area contributed by atoms with E-state index in [1.54, 1.807) is 7.11 Å². The SMILES string of the molecule is COC1CCCC(C(=O)N(CCC(=O)O)CC(=O)N(CCC(C)C)CC(=O)NC2CCC(C3NNC(C4CCCCC4)O3)CC2)C1. The molecule has 1 aliphatic heterocycles. The summed E-state index contributed by atoms with van der Waals surface area (Å²) < 4.78 is 11.9. The van der Waals surface area contributed by atoms with Crippen molar-refractivity contribution in [3.63, 3.8) is 0 Å². The van der Waals surface area contributed by atoms with Gasteiger partial charge in [0.2, 0.25) is 17.7 Å². The number of rotatable bonds is 15. The van der Waals surface area contributed by atoms with E-state index in [9.17, 15) is 24.3 Å². The average Bonchev–Trinajstić information content (AvgIpc) is 3.55. The molecule has 0 aromatic carbocycles. The maximum Gasteiger partial charge on any atom is 0.305 e. The summed E-state index contributed by atoms with van der Waals surface area (Å²) in [7, 11) is 1.64. The molecule has 4 rings (SSSR count). The Morgan fingerprint density at radius 3 is 2.15 bits per heavy atom. The van der Waals surface area contributed by atoms with Gasteiger partial charge < -0.3 is 29.7 Å². The van der Waals surface area contributed by atoms with Crippen molar-refractivity contribution in [1.29, 1.82) is 0 Å². The summed E-state index contributed by atoms with van der Waals surface area (Å²) in [5, 5.41) is 12.5. The molecule has 12 heteroatoms. The molecule has 0 radical (unpaired) electrons. The van der Waals surface area contributed by atoms with Crippen LogP contribution in [0.25, 0.3) is 0 Å². The van der Waals surface area contributed by atoms with Crippen LogP contribution < -0.4 is 16.2 Å². The zero-order chi connectivity index (χ0) is 33.1. The molecule has 0 spiro atoms. The van der Waals surface area contributed by atoms with Gasteiger partial charge in [-0.05, 0) is 82.0 Å². The monoisotopic (exact) mass is 649 g/mol. The van der Waals surface area contributed by atoms with Crippen molar-refractivity contribution in [2.75, 3.05) is 33.3 Å². The first-order valence-corrected chi connectivity index (χ1v) is 17.9. The number of methoxy groups -OCH3 is 1. The lowest BCUT2D eigenvalue weighted by atomic mass is 9.85. The first kappa shape index (κ1) is 36.6. The molecule has 46 heavy (non-hydrogen) atoms. The number of hydrogen-bond acceptors (Lipinski definition) is 8. The van der Waals surface area contributed by atoms with Crippen LogP contribution in [0.4, 0.5) is 0 Å². The Hall–Kier alpha value is -2.28. The molecule has 12 nitrogen and oxygen atoms in total. The first-order chi connectivity index (χ1) is 22.1. The predicted molar refractivity (Wildman–Crippen MR) is 173 cm³/mol. The number of ether oxygens (including phenoxy) is 2. The number of hydrogen-bond donors (Lipinski definition) is 4. The van der Waals surface area contributed by atoms with E-state index in [1.807, 2.05) is 0 Å². The summed E-state index contributed by atoms with van der Waals surface area (Å²) in [5.74, 6) is -0.786. The summed E-state index contributed by atoms with van der Waals surface area (Å²) in [6, 6.07) is 0.0444. The van der Waals surface area contributed by atoms with E-state index in [0.29, 0.717) is 37.1 Å². The standard InChI is InChI=1S/C34H59N5O7/c1-23(2)16-18-38(30(41)22-39(19-17-31(42)43)34(44)26-10-7-11-28(20-26)45-3)21-29(40)35-27-14-12-25(13-15-27)33-37-36-32(46-33)24-8-5-4-6-9-24/h23-28,32-33,36-37H,4-22H2,1-3H3,(H,35,40)(H,42,43). The molecular weight excluding hydrogens is 590 g/mol.